The topological polar surface area (TPSA) is 83.5 Å². The Kier molecular flexibility index (Phi) is 5.88. The lowest BCUT2D eigenvalue weighted by atomic mass is 10.1. The second kappa shape index (κ2) is 7.19. The molecule has 1 aromatic rings. The molecule has 5 nitrogen and oxygen atoms in total. The van der Waals surface area contributed by atoms with E-state index in [-0.39, 0.29) is 11.7 Å². The summed E-state index contributed by atoms with van der Waals surface area (Å²) in [6.07, 6.45) is 0. The molecule has 1 rings (SSSR count). The van der Waals surface area contributed by atoms with Crippen LogP contribution in [0.3, 0.4) is 0 Å². The molecule has 0 aliphatic rings. The van der Waals surface area contributed by atoms with Crippen LogP contribution in [0.4, 0.5) is 5.69 Å². The van der Waals surface area contributed by atoms with Gasteiger partial charge in [-0.2, -0.15) is 0 Å². The number of amides is 1. The second-order valence-electron chi connectivity index (χ2n) is 4.95. The molecule has 0 saturated heterocycles. The quantitative estimate of drug-likeness (QED) is 0.838. The van der Waals surface area contributed by atoms with Crippen LogP contribution in [0.25, 0.3) is 0 Å². The predicted octanol–water partition coefficient (Wildman–Crippen LogP) is 1.79. The summed E-state index contributed by atoms with van der Waals surface area (Å²) in [4.78, 5) is 22.8. The van der Waals surface area contributed by atoms with Crippen molar-refractivity contribution in [3.05, 3.63) is 29.8 Å². The summed E-state index contributed by atoms with van der Waals surface area (Å²) in [6.45, 7) is 5.25. The third-order valence-electron chi connectivity index (χ3n) is 2.71. The fourth-order valence-electron chi connectivity index (χ4n) is 1.84. The Balaban J connectivity index is 2.66. The van der Waals surface area contributed by atoms with Gasteiger partial charge in [0.25, 0.3) is 0 Å². The van der Waals surface area contributed by atoms with Crippen LogP contribution in [0.15, 0.2) is 24.3 Å². The first-order chi connectivity index (χ1) is 9.31. The van der Waals surface area contributed by atoms with Crippen LogP contribution in [0.5, 0.6) is 0 Å². The first kappa shape index (κ1) is 16.4. The normalized spacial score (nSPS) is 13.8. The molecule has 6 heteroatoms. The van der Waals surface area contributed by atoms with Crippen molar-refractivity contribution in [2.75, 3.05) is 11.1 Å². The van der Waals surface area contributed by atoms with Gasteiger partial charge in [0.1, 0.15) is 11.0 Å². The number of carbonyl (C=O) groups excluding carboxylic acids is 1. The summed E-state index contributed by atoms with van der Waals surface area (Å²) in [5.74, 6) is -2.19. The highest BCUT2D eigenvalue weighted by molar-refractivity contribution is 7.87. The number of carboxylic acid groups (broad SMARTS) is 1. The number of rotatable bonds is 6. The van der Waals surface area contributed by atoms with Gasteiger partial charge in [0.05, 0.1) is 0 Å². The number of benzene rings is 1. The molecule has 0 spiro atoms. The average Bonchev–Trinajstić information content (AvgIpc) is 2.26. The Morgan fingerprint density at radius 3 is 2.50 bits per heavy atom. The van der Waals surface area contributed by atoms with Crippen LogP contribution in [-0.4, -0.2) is 32.2 Å². The lowest BCUT2D eigenvalue weighted by Gasteiger charge is -2.15. The van der Waals surface area contributed by atoms with Gasteiger partial charge in [-0.3, -0.25) is 13.8 Å². The molecule has 0 aliphatic heterocycles. The monoisotopic (exact) mass is 297 g/mol. The molecule has 110 valence electrons. The van der Waals surface area contributed by atoms with Crippen LogP contribution < -0.4 is 5.32 Å². The molecule has 0 bridgehead atoms. The number of aliphatic carboxylic acids is 1. The van der Waals surface area contributed by atoms with Crippen molar-refractivity contribution < 1.29 is 18.9 Å². The molecule has 0 radical (unpaired) electrons. The Hall–Kier alpha value is -1.69. The molecule has 20 heavy (non-hydrogen) atoms. The summed E-state index contributed by atoms with van der Waals surface area (Å²) in [7, 11) is -1.74. The largest absolute Gasteiger partial charge is 0.480 e. The molecule has 0 heterocycles. The smallest absolute Gasteiger partial charge is 0.319 e. The van der Waals surface area contributed by atoms with Gasteiger partial charge in [-0.15, -0.1) is 0 Å². The Morgan fingerprint density at radius 2 is 2.00 bits per heavy atom. The van der Waals surface area contributed by atoms with Gasteiger partial charge in [-0.05, 0) is 30.5 Å². The first-order valence-electron chi connectivity index (χ1n) is 6.27. The molecule has 0 saturated carbocycles. The molecule has 0 aromatic heterocycles. The maximum atomic E-state index is 12.0. The van der Waals surface area contributed by atoms with Crippen molar-refractivity contribution >= 4 is 28.4 Å². The van der Waals surface area contributed by atoms with Crippen LogP contribution >= 0.6 is 0 Å². The number of hydrogen-bond donors (Lipinski definition) is 2. The van der Waals surface area contributed by atoms with E-state index in [4.69, 9.17) is 5.11 Å². The van der Waals surface area contributed by atoms with E-state index < -0.39 is 27.9 Å². The molecule has 2 unspecified atom stereocenters. The minimum absolute atomic E-state index is 0.292. The second-order valence-corrected chi connectivity index (χ2v) is 6.50. The minimum atomic E-state index is -1.74. The van der Waals surface area contributed by atoms with Gasteiger partial charge < -0.3 is 10.4 Å². The zero-order valence-corrected chi connectivity index (χ0v) is 12.6. The van der Waals surface area contributed by atoms with Gasteiger partial charge in [-0.1, -0.05) is 26.0 Å². The third-order valence-corrected chi connectivity index (χ3v) is 4.57. The zero-order chi connectivity index (χ0) is 15.3. The molecule has 2 N–H and O–H groups in total. The summed E-state index contributed by atoms with van der Waals surface area (Å²) in [5.41, 5.74) is 1.61. The van der Waals surface area contributed by atoms with Crippen molar-refractivity contribution in [2.24, 2.45) is 5.92 Å². The molecule has 0 fully saturated rings. The van der Waals surface area contributed by atoms with E-state index in [1.54, 1.807) is 32.0 Å². The molecule has 1 aromatic carbocycles. The average molecular weight is 297 g/mol. The van der Waals surface area contributed by atoms with Crippen molar-refractivity contribution in [3.8, 4) is 0 Å². The van der Waals surface area contributed by atoms with Crippen molar-refractivity contribution in [1.29, 1.82) is 0 Å². The zero-order valence-electron chi connectivity index (χ0n) is 11.8. The fraction of sp³-hybridized carbons (Fsp3) is 0.429. The highest BCUT2D eigenvalue weighted by Crippen LogP contribution is 2.12. The van der Waals surface area contributed by atoms with E-state index >= 15 is 0 Å². The molecule has 0 aliphatic carbocycles. The highest BCUT2D eigenvalue weighted by Gasteiger charge is 2.29. The molecular formula is C14H19NO4S. The summed E-state index contributed by atoms with van der Waals surface area (Å²) in [6, 6.07) is 7.21. The van der Waals surface area contributed by atoms with E-state index in [0.717, 1.165) is 5.56 Å². The van der Waals surface area contributed by atoms with Crippen molar-refractivity contribution in [1.82, 2.24) is 0 Å². The van der Waals surface area contributed by atoms with Crippen molar-refractivity contribution in [2.45, 2.75) is 26.0 Å². The van der Waals surface area contributed by atoms with E-state index in [1.807, 2.05) is 13.0 Å². The number of aryl methyl sites for hydroxylation is 1. The summed E-state index contributed by atoms with van der Waals surface area (Å²) in [5, 5.41) is 10.6. The van der Waals surface area contributed by atoms with Gasteiger partial charge >= 0.3 is 5.97 Å². The van der Waals surface area contributed by atoms with Gasteiger partial charge in [-0.25, -0.2) is 0 Å². The Labute approximate surface area is 120 Å². The summed E-state index contributed by atoms with van der Waals surface area (Å²) >= 11 is 0. The van der Waals surface area contributed by atoms with Crippen LogP contribution in [0.1, 0.15) is 19.4 Å². The molecule has 1 amide bonds. The molecule has 2 atom stereocenters. The lowest BCUT2D eigenvalue weighted by molar-refractivity contribution is -0.137. The number of anilines is 1. The van der Waals surface area contributed by atoms with Crippen molar-refractivity contribution in [3.63, 3.8) is 0 Å². The lowest BCUT2D eigenvalue weighted by Crippen LogP contribution is -2.35. The SMILES string of the molecule is Cc1cccc(NC(=O)CS(=O)C(C(=O)O)C(C)C)c1. The van der Waals surface area contributed by atoms with E-state index in [2.05, 4.69) is 5.32 Å². The maximum Gasteiger partial charge on any atom is 0.319 e. The van der Waals surface area contributed by atoms with Gasteiger partial charge in [0.2, 0.25) is 5.91 Å². The Bertz CT molecular complexity index is 528. The fourth-order valence-corrected chi connectivity index (χ4v) is 3.18. The minimum Gasteiger partial charge on any atom is -0.480 e. The molecular weight excluding hydrogens is 278 g/mol. The number of hydrogen-bond acceptors (Lipinski definition) is 3. The first-order valence-corrected chi connectivity index (χ1v) is 7.66. The van der Waals surface area contributed by atoms with E-state index in [9.17, 15) is 13.8 Å². The van der Waals surface area contributed by atoms with E-state index in [0.29, 0.717) is 5.69 Å². The number of nitrogens with one attached hydrogen (secondary N) is 1. The summed E-state index contributed by atoms with van der Waals surface area (Å²) < 4.78 is 12.0. The van der Waals surface area contributed by atoms with Gasteiger partial charge in [0.15, 0.2) is 0 Å². The van der Waals surface area contributed by atoms with Gasteiger partial charge in [0, 0.05) is 16.5 Å². The van der Waals surface area contributed by atoms with Crippen LogP contribution in [0.2, 0.25) is 0 Å². The number of carbonyl (C=O) groups is 2. The highest BCUT2D eigenvalue weighted by atomic mass is 32.2. The number of carboxylic acids is 1. The maximum absolute atomic E-state index is 12.0. The van der Waals surface area contributed by atoms with Crippen LogP contribution in [0, 0.1) is 12.8 Å². The standard InChI is InChI=1S/C14H19NO4S/c1-9(2)13(14(17)18)20(19)8-12(16)15-11-6-4-5-10(3)7-11/h4-7,9,13H,8H2,1-3H3,(H,15,16)(H,17,18). The third kappa shape index (κ3) is 4.77. The Morgan fingerprint density at radius 1 is 1.35 bits per heavy atom. The van der Waals surface area contributed by atoms with Crippen LogP contribution in [-0.2, 0) is 20.4 Å². The predicted molar refractivity (Wildman–Crippen MR) is 79.1 cm³/mol. The van der Waals surface area contributed by atoms with E-state index in [1.165, 1.54) is 0 Å².